The summed E-state index contributed by atoms with van der Waals surface area (Å²) in [6.07, 6.45) is 1.13. The van der Waals surface area contributed by atoms with Crippen LogP contribution in [0.15, 0.2) is 0 Å². The fourth-order valence-electron chi connectivity index (χ4n) is 2.19. The highest BCUT2D eigenvalue weighted by Gasteiger charge is 2.39. The second kappa shape index (κ2) is 9.23. The van der Waals surface area contributed by atoms with Crippen LogP contribution >= 0.6 is 12.4 Å². The summed E-state index contributed by atoms with van der Waals surface area (Å²) in [5.41, 5.74) is -0.771. The third kappa shape index (κ3) is 5.80. The summed E-state index contributed by atoms with van der Waals surface area (Å²) >= 11 is 0. The number of halogens is 1. The van der Waals surface area contributed by atoms with E-state index < -0.39 is 5.60 Å². The first-order valence-electron chi connectivity index (χ1n) is 7.16. The molecule has 7 heteroatoms. The zero-order valence-corrected chi connectivity index (χ0v) is 14.0. The van der Waals surface area contributed by atoms with Crippen LogP contribution in [0.1, 0.15) is 33.6 Å². The van der Waals surface area contributed by atoms with E-state index in [-0.39, 0.29) is 42.9 Å². The number of hydrogen-bond donors (Lipinski definition) is 2. The van der Waals surface area contributed by atoms with E-state index in [1.54, 1.807) is 27.9 Å². The minimum atomic E-state index is -0.771. The van der Waals surface area contributed by atoms with E-state index in [1.807, 2.05) is 0 Å². The van der Waals surface area contributed by atoms with Crippen LogP contribution in [0.25, 0.3) is 0 Å². The molecule has 1 aliphatic rings. The molecule has 1 saturated heterocycles. The minimum absolute atomic E-state index is 0. The maximum absolute atomic E-state index is 12.3. The quantitative estimate of drug-likeness (QED) is 0.710. The number of ether oxygens (including phenoxy) is 2. The Balaban J connectivity index is 0.00000400. The molecule has 1 rings (SSSR count). The summed E-state index contributed by atoms with van der Waals surface area (Å²) < 4.78 is 10.5. The van der Waals surface area contributed by atoms with Crippen molar-refractivity contribution >= 4 is 24.3 Å². The summed E-state index contributed by atoms with van der Waals surface area (Å²) in [7, 11) is 1.56. The Morgan fingerprint density at radius 2 is 1.81 bits per heavy atom. The highest BCUT2D eigenvalue weighted by Crippen LogP contribution is 2.22. The molecular weight excluding hydrogens is 296 g/mol. The fraction of sp³-hybridized carbons (Fsp3) is 0.857. The number of nitrogens with one attached hydrogen (secondary N) is 2. The number of amides is 1. The van der Waals surface area contributed by atoms with E-state index >= 15 is 0 Å². The van der Waals surface area contributed by atoms with Gasteiger partial charge in [-0.05, 0) is 39.8 Å². The topological polar surface area (TPSA) is 76.7 Å². The van der Waals surface area contributed by atoms with Gasteiger partial charge in [-0.3, -0.25) is 9.59 Å². The first-order chi connectivity index (χ1) is 9.41. The van der Waals surface area contributed by atoms with Crippen LogP contribution in [0.4, 0.5) is 0 Å². The standard InChI is InChI=1S/C14H26N2O4.ClH/c1-10(2)20-12(17)11(3)9-16-13(18)14(19-4)5-7-15-8-6-14;/h10-11,15H,5-9H2,1-4H3,(H,16,18);1H. The molecule has 6 nitrogen and oxygen atoms in total. The van der Waals surface area contributed by atoms with Crippen LogP contribution < -0.4 is 10.6 Å². The molecule has 1 amide bonds. The van der Waals surface area contributed by atoms with Crippen molar-refractivity contribution in [3.63, 3.8) is 0 Å². The fourth-order valence-corrected chi connectivity index (χ4v) is 2.19. The molecule has 2 N–H and O–H groups in total. The van der Waals surface area contributed by atoms with Gasteiger partial charge in [0.25, 0.3) is 5.91 Å². The molecule has 0 saturated carbocycles. The Bertz CT molecular complexity index is 344. The second-order valence-corrected chi connectivity index (χ2v) is 5.55. The van der Waals surface area contributed by atoms with Crippen LogP contribution in [0.3, 0.4) is 0 Å². The zero-order valence-electron chi connectivity index (χ0n) is 13.2. The van der Waals surface area contributed by atoms with Crippen molar-refractivity contribution in [2.24, 2.45) is 5.92 Å². The Morgan fingerprint density at radius 1 is 1.24 bits per heavy atom. The van der Waals surface area contributed by atoms with Crippen molar-refractivity contribution in [1.29, 1.82) is 0 Å². The molecule has 1 unspecified atom stereocenters. The summed E-state index contributed by atoms with van der Waals surface area (Å²) in [6.45, 7) is 7.13. The number of esters is 1. The molecule has 0 spiro atoms. The number of piperidine rings is 1. The number of carbonyl (C=O) groups excluding carboxylic acids is 2. The lowest BCUT2D eigenvalue weighted by atomic mass is 9.91. The van der Waals surface area contributed by atoms with E-state index in [0.29, 0.717) is 12.8 Å². The van der Waals surface area contributed by atoms with E-state index in [4.69, 9.17) is 9.47 Å². The summed E-state index contributed by atoms with van der Waals surface area (Å²) in [6, 6.07) is 0. The summed E-state index contributed by atoms with van der Waals surface area (Å²) in [5, 5.41) is 6.00. The van der Waals surface area contributed by atoms with Gasteiger partial charge in [0.15, 0.2) is 0 Å². The van der Waals surface area contributed by atoms with Crippen LogP contribution in [-0.4, -0.2) is 50.3 Å². The molecule has 1 fully saturated rings. The lowest BCUT2D eigenvalue weighted by molar-refractivity contribution is -0.152. The second-order valence-electron chi connectivity index (χ2n) is 5.55. The van der Waals surface area contributed by atoms with Crippen molar-refractivity contribution in [3.05, 3.63) is 0 Å². The van der Waals surface area contributed by atoms with E-state index in [1.165, 1.54) is 0 Å². The van der Waals surface area contributed by atoms with Crippen molar-refractivity contribution in [2.75, 3.05) is 26.7 Å². The smallest absolute Gasteiger partial charge is 0.310 e. The van der Waals surface area contributed by atoms with Gasteiger partial charge < -0.3 is 20.1 Å². The molecule has 0 aromatic heterocycles. The summed E-state index contributed by atoms with van der Waals surface area (Å²) in [4.78, 5) is 24.0. The predicted molar refractivity (Wildman–Crippen MR) is 82.5 cm³/mol. The molecule has 1 aliphatic heterocycles. The maximum Gasteiger partial charge on any atom is 0.310 e. The Kier molecular flexibility index (Phi) is 8.85. The van der Waals surface area contributed by atoms with Gasteiger partial charge >= 0.3 is 5.97 Å². The van der Waals surface area contributed by atoms with E-state index in [2.05, 4.69) is 10.6 Å². The molecule has 0 aliphatic carbocycles. The molecule has 0 bridgehead atoms. The first kappa shape index (κ1) is 20.1. The van der Waals surface area contributed by atoms with Crippen LogP contribution in [0, 0.1) is 5.92 Å². The Morgan fingerprint density at radius 3 is 2.29 bits per heavy atom. The highest BCUT2D eigenvalue weighted by molar-refractivity contribution is 5.86. The highest BCUT2D eigenvalue weighted by atomic mass is 35.5. The Hall–Kier alpha value is -0.850. The zero-order chi connectivity index (χ0) is 15.2. The first-order valence-corrected chi connectivity index (χ1v) is 7.16. The van der Waals surface area contributed by atoms with Gasteiger partial charge in [0, 0.05) is 13.7 Å². The van der Waals surface area contributed by atoms with Gasteiger partial charge in [-0.25, -0.2) is 0 Å². The SMILES string of the molecule is COC1(C(=O)NCC(C)C(=O)OC(C)C)CCNCC1.Cl. The normalized spacial score (nSPS) is 18.5. The van der Waals surface area contributed by atoms with E-state index in [0.717, 1.165) is 13.1 Å². The van der Waals surface area contributed by atoms with Crippen LogP contribution in [0.5, 0.6) is 0 Å². The van der Waals surface area contributed by atoms with Gasteiger partial charge in [0.2, 0.25) is 0 Å². The molecule has 124 valence electrons. The van der Waals surface area contributed by atoms with Crippen molar-refractivity contribution in [2.45, 2.75) is 45.3 Å². The molecule has 1 atom stereocenters. The minimum Gasteiger partial charge on any atom is -0.463 e. The van der Waals surface area contributed by atoms with Gasteiger partial charge in [-0.1, -0.05) is 6.92 Å². The summed E-state index contributed by atoms with van der Waals surface area (Å²) in [5.74, 6) is -0.806. The molecule has 1 heterocycles. The van der Waals surface area contributed by atoms with Crippen LogP contribution in [-0.2, 0) is 19.1 Å². The third-order valence-electron chi connectivity index (χ3n) is 3.54. The monoisotopic (exact) mass is 322 g/mol. The van der Waals surface area contributed by atoms with Gasteiger partial charge in [-0.15, -0.1) is 12.4 Å². The lowest BCUT2D eigenvalue weighted by Crippen LogP contribution is -2.54. The molecule has 21 heavy (non-hydrogen) atoms. The maximum atomic E-state index is 12.3. The van der Waals surface area contributed by atoms with Crippen molar-refractivity contribution in [3.8, 4) is 0 Å². The number of hydrogen-bond acceptors (Lipinski definition) is 5. The van der Waals surface area contributed by atoms with Crippen molar-refractivity contribution < 1.29 is 19.1 Å². The lowest BCUT2D eigenvalue weighted by Gasteiger charge is -2.35. The average molecular weight is 323 g/mol. The average Bonchev–Trinajstić information content (AvgIpc) is 2.44. The number of methoxy groups -OCH3 is 1. The van der Waals surface area contributed by atoms with Gasteiger partial charge in [0.1, 0.15) is 5.60 Å². The molecule has 0 aromatic rings. The van der Waals surface area contributed by atoms with E-state index in [9.17, 15) is 9.59 Å². The largest absolute Gasteiger partial charge is 0.463 e. The number of carbonyl (C=O) groups is 2. The molecular formula is C14H27ClN2O4. The predicted octanol–water partition coefficient (Wildman–Crippen LogP) is 0.881. The third-order valence-corrected chi connectivity index (χ3v) is 3.54. The molecule has 0 aromatic carbocycles. The molecule has 0 radical (unpaired) electrons. The van der Waals surface area contributed by atoms with Crippen molar-refractivity contribution in [1.82, 2.24) is 10.6 Å². The van der Waals surface area contributed by atoms with Gasteiger partial charge in [-0.2, -0.15) is 0 Å². The number of rotatable bonds is 6. The van der Waals surface area contributed by atoms with Gasteiger partial charge in [0.05, 0.1) is 12.0 Å². The Labute approximate surface area is 132 Å². The van der Waals surface area contributed by atoms with Crippen LogP contribution in [0.2, 0.25) is 0 Å².